The highest BCUT2D eigenvalue weighted by Gasteiger charge is 2.14. The van der Waals surface area contributed by atoms with Crippen molar-refractivity contribution in [3.8, 4) is 5.75 Å². The van der Waals surface area contributed by atoms with Gasteiger partial charge >= 0.3 is 0 Å². The number of carbonyl (C=O) groups is 1. The lowest BCUT2D eigenvalue weighted by atomic mass is 10.1. The second-order valence-electron chi connectivity index (χ2n) is 7.96. The Morgan fingerprint density at radius 2 is 1.79 bits per heavy atom. The maximum Gasteiger partial charge on any atom is 0.255 e. The monoisotopic (exact) mass is 381 g/mol. The molecule has 2 aromatic carbocycles. The molecule has 1 heterocycles. The van der Waals surface area contributed by atoms with E-state index in [1.807, 2.05) is 24.3 Å². The van der Waals surface area contributed by atoms with Crippen LogP contribution in [0.3, 0.4) is 0 Å². The van der Waals surface area contributed by atoms with Gasteiger partial charge in [0.1, 0.15) is 5.75 Å². The third-order valence-electron chi connectivity index (χ3n) is 4.89. The first kappa shape index (κ1) is 20.4. The second kappa shape index (κ2) is 9.71. The van der Waals surface area contributed by atoms with E-state index in [1.165, 1.54) is 5.56 Å². The van der Waals surface area contributed by atoms with Crippen LogP contribution < -0.4 is 10.1 Å². The highest BCUT2D eigenvalue weighted by molar-refractivity contribution is 6.04. The maximum atomic E-state index is 12.6. The SMILES string of the molecule is CC(C)COc1cccc(C(=O)Nc2ccc(CN3CCN(C)CC3)cc2)c1. The molecule has 1 amide bonds. The number of nitrogens with one attached hydrogen (secondary N) is 1. The zero-order valence-electron chi connectivity index (χ0n) is 17.1. The Balaban J connectivity index is 1.55. The summed E-state index contributed by atoms with van der Waals surface area (Å²) in [5, 5.41) is 2.97. The van der Waals surface area contributed by atoms with Crippen molar-refractivity contribution in [2.45, 2.75) is 20.4 Å². The van der Waals surface area contributed by atoms with Gasteiger partial charge in [-0.25, -0.2) is 0 Å². The average molecular weight is 382 g/mol. The first-order valence-corrected chi connectivity index (χ1v) is 10.0. The molecule has 5 nitrogen and oxygen atoms in total. The lowest BCUT2D eigenvalue weighted by molar-refractivity contribution is 0.102. The number of piperazine rings is 1. The average Bonchev–Trinajstić information content (AvgIpc) is 2.70. The third-order valence-corrected chi connectivity index (χ3v) is 4.89. The van der Waals surface area contributed by atoms with Crippen molar-refractivity contribution in [3.05, 3.63) is 59.7 Å². The summed E-state index contributed by atoms with van der Waals surface area (Å²) in [4.78, 5) is 17.4. The Bertz CT molecular complexity index is 766. The zero-order valence-corrected chi connectivity index (χ0v) is 17.1. The normalized spacial score (nSPS) is 15.6. The van der Waals surface area contributed by atoms with Gasteiger partial charge in [0.05, 0.1) is 6.61 Å². The first-order valence-electron chi connectivity index (χ1n) is 10.0. The predicted octanol–water partition coefficient (Wildman–Crippen LogP) is 3.72. The zero-order chi connectivity index (χ0) is 19.9. The molecule has 0 aromatic heterocycles. The third kappa shape index (κ3) is 6.08. The fraction of sp³-hybridized carbons (Fsp3) is 0.435. The lowest BCUT2D eigenvalue weighted by Crippen LogP contribution is -2.43. The van der Waals surface area contributed by atoms with Gasteiger partial charge in [-0.2, -0.15) is 0 Å². The molecule has 1 aliphatic rings. The van der Waals surface area contributed by atoms with Gasteiger partial charge in [0.2, 0.25) is 0 Å². The summed E-state index contributed by atoms with van der Waals surface area (Å²) in [6.07, 6.45) is 0. The van der Waals surface area contributed by atoms with E-state index in [2.05, 4.69) is 48.1 Å². The van der Waals surface area contributed by atoms with Crippen molar-refractivity contribution in [2.24, 2.45) is 5.92 Å². The van der Waals surface area contributed by atoms with Crippen molar-refractivity contribution in [1.82, 2.24) is 9.80 Å². The molecule has 5 heteroatoms. The summed E-state index contributed by atoms with van der Waals surface area (Å²) in [7, 11) is 2.17. The Morgan fingerprint density at radius 3 is 2.46 bits per heavy atom. The molecule has 3 rings (SSSR count). The summed E-state index contributed by atoms with van der Waals surface area (Å²) < 4.78 is 5.72. The molecule has 0 unspecified atom stereocenters. The van der Waals surface area contributed by atoms with Crippen LogP contribution in [0.5, 0.6) is 5.75 Å². The molecule has 0 bridgehead atoms. The van der Waals surface area contributed by atoms with Gasteiger partial charge in [-0.15, -0.1) is 0 Å². The van der Waals surface area contributed by atoms with Crippen LogP contribution in [0.1, 0.15) is 29.8 Å². The quantitative estimate of drug-likeness (QED) is 0.794. The molecule has 28 heavy (non-hydrogen) atoms. The molecule has 1 N–H and O–H groups in total. The number of likely N-dealkylation sites (N-methyl/N-ethyl adjacent to an activating group) is 1. The Hall–Kier alpha value is -2.37. The van der Waals surface area contributed by atoms with Crippen LogP contribution >= 0.6 is 0 Å². The lowest BCUT2D eigenvalue weighted by Gasteiger charge is -2.32. The number of rotatable bonds is 7. The summed E-state index contributed by atoms with van der Waals surface area (Å²) in [6, 6.07) is 15.5. The summed E-state index contributed by atoms with van der Waals surface area (Å²) >= 11 is 0. The van der Waals surface area contributed by atoms with Crippen LogP contribution in [-0.2, 0) is 6.54 Å². The summed E-state index contributed by atoms with van der Waals surface area (Å²) in [5.74, 6) is 1.05. The van der Waals surface area contributed by atoms with Crippen molar-refractivity contribution >= 4 is 11.6 Å². The smallest absolute Gasteiger partial charge is 0.255 e. The van der Waals surface area contributed by atoms with Gasteiger partial charge in [-0.05, 0) is 48.9 Å². The summed E-state index contributed by atoms with van der Waals surface area (Å²) in [5.41, 5.74) is 2.68. The van der Waals surface area contributed by atoms with Crippen LogP contribution in [0.15, 0.2) is 48.5 Å². The minimum atomic E-state index is -0.123. The van der Waals surface area contributed by atoms with Crippen LogP contribution in [0.4, 0.5) is 5.69 Å². The van der Waals surface area contributed by atoms with Gasteiger partial charge in [-0.1, -0.05) is 32.0 Å². The number of ether oxygens (including phenoxy) is 1. The molecule has 0 aliphatic carbocycles. The molecule has 0 atom stereocenters. The molecule has 0 radical (unpaired) electrons. The van der Waals surface area contributed by atoms with Gasteiger partial charge in [0.15, 0.2) is 0 Å². The first-order chi connectivity index (χ1) is 13.5. The number of anilines is 1. The van der Waals surface area contributed by atoms with Gasteiger partial charge in [0.25, 0.3) is 5.91 Å². The van der Waals surface area contributed by atoms with Crippen LogP contribution in [0.25, 0.3) is 0 Å². The van der Waals surface area contributed by atoms with E-state index in [0.717, 1.165) is 44.2 Å². The van der Waals surface area contributed by atoms with Gasteiger partial charge < -0.3 is 15.0 Å². The van der Waals surface area contributed by atoms with E-state index < -0.39 is 0 Å². The number of carbonyl (C=O) groups excluding carboxylic acids is 1. The molecule has 150 valence electrons. The fourth-order valence-corrected chi connectivity index (χ4v) is 3.15. The topological polar surface area (TPSA) is 44.8 Å². The van der Waals surface area contributed by atoms with Crippen molar-refractivity contribution < 1.29 is 9.53 Å². The Morgan fingerprint density at radius 1 is 1.07 bits per heavy atom. The standard InChI is InChI=1S/C23H31N3O2/c1-18(2)17-28-22-6-4-5-20(15-22)23(27)24-21-9-7-19(8-10-21)16-26-13-11-25(3)12-14-26/h4-10,15,18H,11-14,16-17H2,1-3H3,(H,24,27). The molecule has 0 spiro atoms. The van der Waals surface area contributed by atoms with E-state index in [4.69, 9.17) is 4.74 Å². The van der Waals surface area contributed by atoms with E-state index in [-0.39, 0.29) is 5.91 Å². The number of hydrogen-bond acceptors (Lipinski definition) is 4. The van der Waals surface area contributed by atoms with E-state index >= 15 is 0 Å². The van der Waals surface area contributed by atoms with Crippen LogP contribution in [-0.4, -0.2) is 55.5 Å². The van der Waals surface area contributed by atoms with Crippen LogP contribution in [0, 0.1) is 5.92 Å². The Kier molecular flexibility index (Phi) is 7.06. The molecule has 0 saturated carbocycles. The fourth-order valence-electron chi connectivity index (χ4n) is 3.15. The molecule has 1 saturated heterocycles. The highest BCUT2D eigenvalue weighted by Crippen LogP contribution is 2.17. The molecule has 1 aliphatic heterocycles. The van der Waals surface area contributed by atoms with Gasteiger partial charge in [-0.3, -0.25) is 9.69 Å². The van der Waals surface area contributed by atoms with E-state index in [9.17, 15) is 4.79 Å². The van der Waals surface area contributed by atoms with E-state index in [0.29, 0.717) is 18.1 Å². The molecule has 1 fully saturated rings. The van der Waals surface area contributed by atoms with Crippen molar-refractivity contribution in [1.29, 1.82) is 0 Å². The van der Waals surface area contributed by atoms with Crippen LogP contribution in [0.2, 0.25) is 0 Å². The Labute approximate surface area is 168 Å². The second-order valence-corrected chi connectivity index (χ2v) is 7.96. The highest BCUT2D eigenvalue weighted by atomic mass is 16.5. The largest absolute Gasteiger partial charge is 0.493 e. The minimum Gasteiger partial charge on any atom is -0.493 e. The molecule has 2 aromatic rings. The van der Waals surface area contributed by atoms with Crippen molar-refractivity contribution in [3.63, 3.8) is 0 Å². The molecular weight excluding hydrogens is 350 g/mol. The van der Waals surface area contributed by atoms with E-state index in [1.54, 1.807) is 12.1 Å². The van der Waals surface area contributed by atoms with Crippen molar-refractivity contribution in [2.75, 3.05) is 45.2 Å². The number of benzene rings is 2. The minimum absolute atomic E-state index is 0.123. The summed E-state index contributed by atoms with van der Waals surface area (Å²) in [6.45, 7) is 10.2. The molecular formula is C23H31N3O2. The number of nitrogens with zero attached hydrogens (tertiary/aromatic N) is 2. The predicted molar refractivity (Wildman–Crippen MR) is 114 cm³/mol. The number of amides is 1. The maximum absolute atomic E-state index is 12.6. The number of hydrogen-bond donors (Lipinski definition) is 1. The van der Waals surface area contributed by atoms with Gasteiger partial charge in [0, 0.05) is 44.0 Å².